The standard InChI is InChI=1S/C15H21NO3/c1-16(9-12-18)10-13-19-15-7-5-14(6-8-15)4-2-3-11-17/h5-8,17-18H,3,9-13H2,1H3. The van der Waals surface area contributed by atoms with Gasteiger partial charge in [-0.05, 0) is 31.3 Å². The van der Waals surface area contributed by atoms with Crippen LogP contribution in [0, 0.1) is 11.8 Å². The zero-order valence-corrected chi connectivity index (χ0v) is 11.3. The van der Waals surface area contributed by atoms with Crippen LogP contribution in [0.5, 0.6) is 5.75 Å². The molecular formula is C15H21NO3. The van der Waals surface area contributed by atoms with Crippen molar-refractivity contribution in [1.29, 1.82) is 0 Å². The molecule has 0 radical (unpaired) electrons. The van der Waals surface area contributed by atoms with E-state index in [1.165, 1.54) is 0 Å². The Labute approximate surface area is 114 Å². The first kappa shape index (κ1) is 15.5. The molecule has 1 rings (SSSR count). The molecule has 0 heterocycles. The van der Waals surface area contributed by atoms with Crippen molar-refractivity contribution in [3.05, 3.63) is 29.8 Å². The first-order valence-electron chi connectivity index (χ1n) is 6.38. The second-order valence-corrected chi connectivity index (χ2v) is 4.18. The van der Waals surface area contributed by atoms with Gasteiger partial charge in [-0.15, -0.1) is 0 Å². The van der Waals surface area contributed by atoms with Crippen LogP contribution in [0.15, 0.2) is 24.3 Å². The highest BCUT2D eigenvalue weighted by Gasteiger charge is 1.98. The molecule has 0 saturated carbocycles. The van der Waals surface area contributed by atoms with Crippen molar-refractivity contribution in [2.24, 2.45) is 0 Å². The van der Waals surface area contributed by atoms with E-state index in [1.807, 2.05) is 36.2 Å². The second-order valence-electron chi connectivity index (χ2n) is 4.18. The summed E-state index contributed by atoms with van der Waals surface area (Å²) in [5.41, 5.74) is 0.915. The molecule has 0 fully saturated rings. The highest BCUT2D eigenvalue weighted by Crippen LogP contribution is 2.11. The molecule has 0 aliphatic carbocycles. The summed E-state index contributed by atoms with van der Waals surface area (Å²) in [6.45, 7) is 2.28. The van der Waals surface area contributed by atoms with E-state index in [9.17, 15) is 0 Å². The Balaban J connectivity index is 2.34. The number of nitrogens with zero attached hydrogens (tertiary/aromatic N) is 1. The molecule has 4 heteroatoms. The Kier molecular flexibility index (Phi) is 7.68. The summed E-state index contributed by atoms with van der Waals surface area (Å²) >= 11 is 0. The molecule has 0 unspecified atom stereocenters. The molecule has 0 aliphatic rings. The topological polar surface area (TPSA) is 52.9 Å². The highest BCUT2D eigenvalue weighted by atomic mass is 16.5. The van der Waals surface area contributed by atoms with Gasteiger partial charge in [0.05, 0.1) is 13.2 Å². The van der Waals surface area contributed by atoms with Crippen LogP contribution >= 0.6 is 0 Å². The maximum Gasteiger partial charge on any atom is 0.119 e. The monoisotopic (exact) mass is 263 g/mol. The molecule has 0 amide bonds. The Morgan fingerprint density at radius 3 is 2.47 bits per heavy atom. The minimum atomic E-state index is 0.0928. The first-order valence-corrected chi connectivity index (χ1v) is 6.38. The summed E-state index contributed by atoms with van der Waals surface area (Å²) in [5.74, 6) is 6.64. The van der Waals surface area contributed by atoms with E-state index in [-0.39, 0.29) is 13.2 Å². The van der Waals surface area contributed by atoms with Gasteiger partial charge in [-0.25, -0.2) is 0 Å². The van der Waals surface area contributed by atoms with Crippen molar-refractivity contribution >= 4 is 0 Å². The van der Waals surface area contributed by atoms with E-state index < -0.39 is 0 Å². The average Bonchev–Trinajstić information content (AvgIpc) is 2.41. The van der Waals surface area contributed by atoms with E-state index in [1.54, 1.807) is 0 Å². The van der Waals surface area contributed by atoms with Crippen molar-refractivity contribution in [2.75, 3.05) is 40.0 Å². The van der Waals surface area contributed by atoms with Gasteiger partial charge >= 0.3 is 0 Å². The Hall–Kier alpha value is -1.54. The normalized spacial score (nSPS) is 10.1. The average molecular weight is 263 g/mol. The van der Waals surface area contributed by atoms with E-state index >= 15 is 0 Å². The maximum atomic E-state index is 8.76. The fourth-order valence-electron chi connectivity index (χ4n) is 1.46. The number of benzene rings is 1. The first-order chi connectivity index (χ1) is 9.26. The van der Waals surface area contributed by atoms with Crippen molar-refractivity contribution in [2.45, 2.75) is 6.42 Å². The van der Waals surface area contributed by atoms with Crippen molar-refractivity contribution < 1.29 is 14.9 Å². The molecule has 1 aromatic rings. The molecular weight excluding hydrogens is 242 g/mol. The Morgan fingerprint density at radius 2 is 1.84 bits per heavy atom. The number of aliphatic hydroxyl groups excluding tert-OH is 2. The van der Waals surface area contributed by atoms with Gasteiger partial charge in [-0.1, -0.05) is 11.8 Å². The molecule has 2 N–H and O–H groups in total. The van der Waals surface area contributed by atoms with E-state index in [4.69, 9.17) is 14.9 Å². The third-order valence-corrected chi connectivity index (χ3v) is 2.55. The van der Waals surface area contributed by atoms with Crippen molar-refractivity contribution in [3.8, 4) is 17.6 Å². The molecule has 1 aromatic carbocycles. The number of likely N-dealkylation sites (N-methyl/N-ethyl adjacent to an activating group) is 1. The van der Waals surface area contributed by atoms with Crippen molar-refractivity contribution in [3.63, 3.8) is 0 Å². The Bertz CT molecular complexity index is 406. The number of aliphatic hydroxyl groups is 2. The lowest BCUT2D eigenvalue weighted by Crippen LogP contribution is -2.27. The summed E-state index contributed by atoms with van der Waals surface area (Å²) in [7, 11) is 1.94. The molecule has 104 valence electrons. The molecule has 4 nitrogen and oxygen atoms in total. The summed E-state index contributed by atoms with van der Waals surface area (Å²) in [4.78, 5) is 2.01. The third kappa shape index (κ3) is 6.82. The van der Waals surface area contributed by atoms with E-state index in [0.717, 1.165) is 17.9 Å². The quantitative estimate of drug-likeness (QED) is 0.712. The molecule has 0 bridgehead atoms. The number of hydrogen-bond acceptors (Lipinski definition) is 4. The summed E-state index contributed by atoms with van der Waals surface area (Å²) < 4.78 is 5.59. The van der Waals surface area contributed by atoms with Crippen LogP contribution in [-0.4, -0.2) is 55.1 Å². The van der Waals surface area contributed by atoms with Gasteiger partial charge in [0.1, 0.15) is 12.4 Å². The van der Waals surface area contributed by atoms with E-state index in [2.05, 4.69) is 11.8 Å². The third-order valence-electron chi connectivity index (χ3n) is 2.55. The second kappa shape index (κ2) is 9.40. The summed E-state index contributed by atoms with van der Waals surface area (Å²) in [6.07, 6.45) is 0.495. The Morgan fingerprint density at radius 1 is 1.11 bits per heavy atom. The molecule has 0 atom stereocenters. The number of rotatable bonds is 7. The van der Waals surface area contributed by atoms with E-state index in [0.29, 0.717) is 19.6 Å². The lowest BCUT2D eigenvalue weighted by Gasteiger charge is -2.15. The zero-order valence-electron chi connectivity index (χ0n) is 11.3. The van der Waals surface area contributed by atoms with Crippen LogP contribution in [0.25, 0.3) is 0 Å². The predicted octanol–water partition coefficient (Wildman–Crippen LogP) is 0.723. The van der Waals surface area contributed by atoms with Crippen LogP contribution in [0.1, 0.15) is 12.0 Å². The fraction of sp³-hybridized carbons (Fsp3) is 0.467. The van der Waals surface area contributed by atoms with Crippen LogP contribution in [-0.2, 0) is 0 Å². The molecule has 0 aromatic heterocycles. The summed E-state index contributed by atoms with van der Waals surface area (Å²) in [5, 5.41) is 17.4. The number of ether oxygens (including phenoxy) is 1. The predicted molar refractivity (Wildman–Crippen MR) is 75.1 cm³/mol. The molecule has 0 saturated heterocycles. The van der Waals surface area contributed by atoms with Gasteiger partial charge in [0.15, 0.2) is 0 Å². The van der Waals surface area contributed by atoms with Crippen LogP contribution in [0.3, 0.4) is 0 Å². The van der Waals surface area contributed by atoms with Crippen LogP contribution in [0.2, 0.25) is 0 Å². The van der Waals surface area contributed by atoms with Crippen LogP contribution < -0.4 is 4.74 Å². The molecule has 19 heavy (non-hydrogen) atoms. The van der Waals surface area contributed by atoms with Crippen molar-refractivity contribution in [1.82, 2.24) is 4.90 Å². The van der Waals surface area contributed by atoms with Gasteiger partial charge in [-0.2, -0.15) is 0 Å². The highest BCUT2D eigenvalue weighted by molar-refractivity contribution is 5.38. The minimum Gasteiger partial charge on any atom is -0.492 e. The molecule has 0 spiro atoms. The van der Waals surface area contributed by atoms with Gasteiger partial charge in [-0.3, -0.25) is 0 Å². The zero-order chi connectivity index (χ0) is 13.9. The van der Waals surface area contributed by atoms with Gasteiger partial charge in [0, 0.05) is 25.1 Å². The fourth-order valence-corrected chi connectivity index (χ4v) is 1.46. The van der Waals surface area contributed by atoms with Crippen LogP contribution in [0.4, 0.5) is 0 Å². The maximum absolute atomic E-state index is 8.76. The van der Waals surface area contributed by atoms with Gasteiger partial charge in [0.2, 0.25) is 0 Å². The van der Waals surface area contributed by atoms with Gasteiger partial charge in [0.25, 0.3) is 0 Å². The minimum absolute atomic E-state index is 0.0928. The smallest absolute Gasteiger partial charge is 0.119 e. The summed E-state index contributed by atoms with van der Waals surface area (Å²) in [6, 6.07) is 7.57. The number of hydrogen-bond donors (Lipinski definition) is 2. The molecule has 0 aliphatic heterocycles. The lowest BCUT2D eigenvalue weighted by molar-refractivity contribution is 0.192. The van der Waals surface area contributed by atoms with Gasteiger partial charge < -0.3 is 19.8 Å². The lowest BCUT2D eigenvalue weighted by atomic mass is 10.2. The largest absolute Gasteiger partial charge is 0.492 e. The SMILES string of the molecule is CN(CCO)CCOc1ccc(C#CCCO)cc1.